The summed E-state index contributed by atoms with van der Waals surface area (Å²) in [7, 11) is 1.51. The van der Waals surface area contributed by atoms with Crippen LogP contribution in [0.25, 0.3) is 0 Å². The molecule has 9 nitrogen and oxygen atoms in total. The molecule has 1 unspecified atom stereocenters. The van der Waals surface area contributed by atoms with Gasteiger partial charge in [0, 0.05) is 0 Å². The van der Waals surface area contributed by atoms with Crippen LogP contribution in [0.5, 0.6) is 5.75 Å². The average molecular weight is 377 g/mol. The van der Waals surface area contributed by atoms with Gasteiger partial charge in [-0.15, -0.1) is 0 Å². The van der Waals surface area contributed by atoms with Gasteiger partial charge in [0.05, 0.1) is 7.11 Å². The van der Waals surface area contributed by atoms with Gasteiger partial charge in [0.1, 0.15) is 23.9 Å². The molecule has 0 radical (unpaired) electrons. The topological polar surface area (TPSA) is 125 Å². The molecule has 3 N–H and O–H groups in total. The Morgan fingerprint density at radius 1 is 1.26 bits per heavy atom. The van der Waals surface area contributed by atoms with Gasteiger partial charge in [0.15, 0.2) is 0 Å². The third-order valence-electron chi connectivity index (χ3n) is 4.49. The highest BCUT2D eigenvalue weighted by molar-refractivity contribution is 6.09. The van der Waals surface area contributed by atoms with Gasteiger partial charge in [-0.2, -0.15) is 0 Å². The number of nitrogens with one attached hydrogen (secondary N) is 2. The number of ether oxygens (including phenoxy) is 1. The average Bonchev–Trinajstić information content (AvgIpc) is 2.83. The van der Waals surface area contributed by atoms with E-state index in [0.717, 1.165) is 4.90 Å². The molecular weight excluding hydrogens is 354 g/mol. The van der Waals surface area contributed by atoms with Crippen molar-refractivity contribution in [2.45, 2.75) is 32.4 Å². The zero-order valence-corrected chi connectivity index (χ0v) is 15.6. The lowest BCUT2D eigenvalue weighted by molar-refractivity contribution is -0.143. The lowest BCUT2D eigenvalue weighted by atomic mass is 9.92. The summed E-state index contributed by atoms with van der Waals surface area (Å²) in [5.41, 5.74) is -0.788. The van der Waals surface area contributed by atoms with Gasteiger partial charge in [-0.3, -0.25) is 14.5 Å². The molecule has 2 atom stereocenters. The Hall–Kier alpha value is -3.10. The molecule has 0 spiro atoms. The van der Waals surface area contributed by atoms with Crippen LogP contribution in [0.3, 0.4) is 0 Å². The Bertz CT molecular complexity index is 761. The zero-order valence-electron chi connectivity index (χ0n) is 15.6. The van der Waals surface area contributed by atoms with Crippen LogP contribution in [0.2, 0.25) is 0 Å². The van der Waals surface area contributed by atoms with Crippen molar-refractivity contribution in [2.75, 3.05) is 13.7 Å². The molecule has 0 bridgehead atoms. The number of hydrogen-bond acceptors (Lipinski definition) is 5. The van der Waals surface area contributed by atoms with Gasteiger partial charge < -0.3 is 20.5 Å². The van der Waals surface area contributed by atoms with Crippen molar-refractivity contribution in [3.63, 3.8) is 0 Å². The molecule has 1 saturated heterocycles. The van der Waals surface area contributed by atoms with E-state index in [-0.39, 0.29) is 5.92 Å². The van der Waals surface area contributed by atoms with Gasteiger partial charge in [0.2, 0.25) is 5.91 Å². The van der Waals surface area contributed by atoms with Crippen molar-refractivity contribution in [1.29, 1.82) is 0 Å². The maximum atomic E-state index is 12.8. The minimum atomic E-state index is -1.33. The lowest BCUT2D eigenvalue weighted by Crippen LogP contribution is -2.49. The van der Waals surface area contributed by atoms with Gasteiger partial charge >= 0.3 is 12.0 Å². The lowest BCUT2D eigenvalue weighted by Gasteiger charge is -2.23. The normalized spacial score (nSPS) is 20.4. The number of benzene rings is 1. The maximum absolute atomic E-state index is 12.8. The Morgan fingerprint density at radius 3 is 2.33 bits per heavy atom. The number of carbonyl (C=O) groups excluding carboxylic acids is 3. The summed E-state index contributed by atoms with van der Waals surface area (Å²) in [5.74, 6) is -2.25. The van der Waals surface area contributed by atoms with E-state index in [0.29, 0.717) is 11.3 Å². The summed E-state index contributed by atoms with van der Waals surface area (Å²) >= 11 is 0. The first-order valence-electron chi connectivity index (χ1n) is 8.41. The number of urea groups is 1. The Kier molecular flexibility index (Phi) is 5.72. The molecule has 1 aliphatic heterocycles. The van der Waals surface area contributed by atoms with Crippen molar-refractivity contribution >= 4 is 23.8 Å². The molecule has 1 heterocycles. The third kappa shape index (κ3) is 4.02. The standard InChI is InChI=1S/C18H23N3O6/c1-10(2)14(15(23)24)19-13(22)9-21-16(25)18(3,20-17(21)26)11-5-7-12(27-4)8-6-11/h5-8,10,14H,9H2,1-4H3,(H,19,22)(H,20,26)(H,23,24)/t14-,18?/m0/s1. The first kappa shape index (κ1) is 20.2. The number of hydrogen-bond donors (Lipinski definition) is 3. The minimum Gasteiger partial charge on any atom is -0.497 e. The van der Waals surface area contributed by atoms with Crippen LogP contribution in [0.1, 0.15) is 26.3 Å². The van der Waals surface area contributed by atoms with E-state index in [9.17, 15) is 19.2 Å². The smallest absolute Gasteiger partial charge is 0.326 e. The van der Waals surface area contributed by atoms with Crippen molar-refractivity contribution in [3.05, 3.63) is 29.8 Å². The zero-order chi connectivity index (χ0) is 20.4. The first-order valence-corrected chi connectivity index (χ1v) is 8.41. The fraction of sp³-hybridized carbons (Fsp3) is 0.444. The number of rotatable bonds is 7. The molecular formula is C18H23N3O6. The number of methoxy groups -OCH3 is 1. The summed E-state index contributed by atoms with van der Waals surface area (Å²) in [6, 6.07) is 4.81. The summed E-state index contributed by atoms with van der Waals surface area (Å²) in [6.45, 7) is 4.27. The molecule has 2 rings (SSSR count). The molecule has 0 aliphatic carbocycles. The second-order valence-corrected chi connectivity index (χ2v) is 6.80. The van der Waals surface area contributed by atoms with Crippen molar-refractivity contribution < 1.29 is 29.0 Å². The number of imide groups is 1. The summed E-state index contributed by atoms with van der Waals surface area (Å²) in [5, 5.41) is 14.1. The first-order chi connectivity index (χ1) is 12.6. The Balaban J connectivity index is 2.15. The molecule has 0 aromatic heterocycles. The molecule has 146 valence electrons. The molecule has 1 aromatic rings. The predicted molar refractivity (Wildman–Crippen MR) is 95.0 cm³/mol. The molecule has 9 heteroatoms. The summed E-state index contributed by atoms with van der Waals surface area (Å²) in [4.78, 5) is 49.2. The number of amides is 4. The van der Waals surface area contributed by atoms with Crippen LogP contribution >= 0.6 is 0 Å². The number of carbonyl (C=O) groups is 4. The quantitative estimate of drug-likeness (QED) is 0.600. The number of carboxylic acids is 1. The van der Waals surface area contributed by atoms with Gasteiger partial charge in [-0.25, -0.2) is 9.59 Å². The van der Waals surface area contributed by atoms with Crippen LogP contribution in [0.15, 0.2) is 24.3 Å². The van der Waals surface area contributed by atoms with Crippen LogP contribution in [-0.2, 0) is 19.9 Å². The summed E-state index contributed by atoms with van der Waals surface area (Å²) < 4.78 is 5.08. The fourth-order valence-electron chi connectivity index (χ4n) is 2.84. The van der Waals surface area contributed by atoms with Gasteiger partial charge in [-0.1, -0.05) is 26.0 Å². The second-order valence-electron chi connectivity index (χ2n) is 6.80. The molecule has 27 heavy (non-hydrogen) atoms. The van der Waals surface area contributed by atoms with E-state index in [2.05, 4.69) is 10.6 Å². The Morgan fingerprint density at radius 2 is 1.85 bits per heavy atom. The van der Waals surface area contributed by atoms with Crippen LogP contribution in [-0.4, -0.2) is 53.5 Å². The Labute approximate surface area is 156 Å². The number of carboxylic acid groups (broad SMARTS) is 1. The molecule has 4 amide bonds. The molecule has 0 saturated carbocycles. The van der Waals surface area contributed by atoms with E-state index in [1.165, 1.54) is 7.11 Å². The largest absolute Gasteiger partial charge is 0.497 e. The number of nitrogens with zero attached hydrogens (tertiary/aromatic N) is 1. The van der Waals surface area contributed by atoms with Crippen molar-refractivity contribution in [1.82, 2.24) is 15.5 Å². The van der Waals surface area contributed by atoms with Crippen LogP contribution < -0.4 is 15.4 Å². The van der Waals surface area contributed by atoms with E-state index in [1.54, 1.807) is 45.0 Å². The number of aliphatic carboxylic acids is 1. The van der Waals surface area contributed by atoms with E-state index < -0.39 is 41.9 Å². The highest BCUT2D eigenvalue weighted by Gasteiger charge is 2.49. The highest BCUT2D eigenvalue weighted by Crippen LogP contribution is 2.29. The van der Waals surface area contributed by atoms with E-state index >= 15 is 0 Å². The van der Waals surface area contributed by atoms with Crippen molar-refractivity contribution in [2.24, 2.45) is 5.92 Å². The third-order valence-corrected chi connectivity index (χ3v) is 4.49. The monoisotopic (exact) mass is 377 g/mol. The molecule has 1 aliphatic rings. The molecule has 1 fully saturated rings. The fourth-order valence-corrected chi connectivity index (χ4v) is 2.84. The van der Waals surface area contributed by atoms with Crippen LogP contribution in [0.4, 0.5) is 4.79 Å². The minimum absolute atomic E-state index is 0.348. The maximum Gasteiger partial charge on any atom is 0.326 e. The SMILES string of the molecule is COc1ccc(C2(C)NC(=O)N(CC(=O)N[C@H](C(=O)O)C(C)C)C2=O)cc1. The van der Waals surface area contributed by atoms with Crippen molar-refractivity contribution in [3.8, 4) is 5.75 Å². The predicted octanol–water partition coefficient (Wildman–Crippen LogP) is 0.688. The van der Waals surface area contributed by atoms with Gasteiger partial charge in [0.25, 0.3) is 5.91 Å². The van der Waals surface area contributed by atoms with Crippen LogP contribution in [0, 0.1) is 5.92 Å². The molecule has 1 aromatic carbocycles. The van der Waals surface area contributed by atoms with Gasteiger partial charge in [-0.05, 0) is 30.5 Å². The van der Waals surface area contributed by atoms with E-state index in [1.807, 2.05) is 0 Å². The summed E-state index contributed by atoms with van der Waals surface area (Å²) in [6.07, 6.45) is 0. The van der Waals surface area contributed by atoms with E-state index in [4.69, 9.17) is 9.84 Å². The second kappa shape index (κ2) is 7.65. The highest BCUT2D eigenvalue weighted by atomic mass is 16.5.